The van der Waals surface area contributed by atoms with Crippen LogP contribution < -0.4 is 5.73 Å². The van der Waals surface area contributed by atoms with Crippen molar-refractivity contribution in [3.05, 3.63) is 146 Å². The second-order valence-electron chi connectivity index (χ2n) is 18.7. The van der Waals surface area contributed by atoms with Gasteiger partial charge in [0.05, 0.1) is 13.2 Å². The van der Waals surface area contributed by atoms with Crippen molar-refractivity contribution in [2.24, 2.45) is 5.73 Å². The molecule has 2 unspecified atom stereocenters. The molecule has 0 aliphatic rings. The van der Waals surface area contributed by atoms with Crippen molar-refractivity contribution in [3.8, 4) is 0 Å². The van der Waals surface area contributed by atoms with E-state index in [0.29, 0.717) is 6.42 Å². The van der Waals surface area contributed by atoms with Gasteiger partial charge in [-0.25, -0.2) is 4.57 Å². The zero-order valence-corrected chi connectivity index (χ0v) is 48.1. The Morgan fingerprint density at radius 2 is 0.693 bits per heavy atom. The molecular weight excluding hydrogens is 954 g/mol. The second kappa shape index (κ2) is 59.1. The molecule has 424 valence electrons. The number of ether oxygens (including phenoxy) is 2. The molecule has 0 rings (SSSR count). The molecule has 0 aromatic rings. The number of hydrogen-bond donors (Lipinski definition) is 2. The number of carbonyl (C=O) groups is 2. The summed E-state index contributed by atoms with van der Waals surface area (Å²) in [5.41, 5.74) is 5.38. The smallest absolute Gasteiger partial charge is 0.462 e. The highest BCUT2D eigenvalue weighted by atomic mass is 31.2. The first-order chi connectivity index (χ1) is 36.8. The monoisotopic (exact) mass is 1060 g/mol. The summed E-state index contributed by atoms with van der Waals surface area (Å²) in [5.74, 6) is -0.877. The first-order valence-electron chi connectivity index (χ1n) is 29.3. The summed E-state index contributed by atoms with van der Waals surface area (Å²) in [6.07, 6.45) is 84.7. The SMILES string of the molecule is CC/C=C\C/C=C\C/C=C\C/C=C\C/C=C\C/C=C\C/C=C\CCCCCC(=O)OC(COC(=O)CCCCCCCCCCCCCCC/C=C\C/C=C\C/C=C\C/C=C\C/C=C\CC)COP(=O)(O)OCCN. The topological polar surface area (TPSA) is 134 Å². The van der Waals surface area contributed by atoms with Crippen LogP contribution in [-0.2, 0) is 32.7 Å². The Kier molecular flexibility index (Phi) is 55.9. The van der Waals surface area contributed by atoms with E-state index in [9.17, 15) is 19.0 Å². The van der Waals surface area contributed by atoms with Crippen LogP contribution in [0.5, 0.6) is 0 Å². The summed E-state index contributed by atoms with van der Waals surface area (Å²) in [4.78, 5) is 35.2. The van der Waals surface area contributed by atoms with Gasteiger partial charge in [-0.05, 0) is 116 Å². The molecule has 0 aliphatic heterocycles. The highest BCUT2D eigenvalue weighted by Crippen LogP contribution is 2.43. The van der Waals surface area contributed by atoms with Crippen molar-refractivity contribution in [2.75, 3.05) is 26.4 Å². The highest BCUT2D eigenvalue weighted by molar-refractivity contribution is 7.47. The van der Waals surface area contributed by atoms with Crippen LogP contribution in [0.1, 0.15) is 219 Å². The summed E-state index contributed by atoms with van der Waals surface area (Å²) >= 11 is 0. The van der Waals surface area contributed by atoms with Gasteiger partial charge in [-0.1, -0.05) is 237 Å². The molecule has 0 aromatic heterocycles. The fourth-order valence-electron chi connectivity index (χ4n) is 7.47. The van der Waals surface area contributed by atoms with E-state index in [1.165, 1.54) is 64.2 Å². The van der Waals surface area contributed by atoms with E-state index in [1.807, 2.05) is 0 Å². The second-order valence-corrected chi connectivity index (χ2v) is 20.2. The van der Waals surface area contributed by atoms with Gasteiger partial charge in [-0.15, -0.1) is 0 Å². The van der Waals surface area contributed by atoms with Crippen molar-refractivity contribution in [2.45, 2.75) is 225 Å². The number of hydrogen-bond acceptors (Lipinski definition) is 8. The minimum Gasteiger partial charge on any atom is -0.462 e. The van der Waals surface area contributed by atoms with E-state index in [4.69, 9.17) is 24.3 Å². The first-order valence-corrected chi connectivity index (χ1v) is 30.8. The maximum absolute atomic E-state index is 12.7. The summed E-state index contributed by atoms with van der Waals surface area (Å²) in [6.45, 7) is 3.46. The van der Waals surface area contributed by atoms with Gasteiger partial charge in [0.15, 0.2) is 6.10 Å². The number of carbonyl (C=O) groups excluding carboxylic acids is 2. The van der Waals surface area contributed by atoms with Crippen molar-refractivity contribution in [1.82, 2.24) is 0 Å². The van der Waals surface area contributed by atoms with Crippen LogP contribution in [0.25, 0.3) is 0 Å². The van der Waals surface area contributed by atoms with E-state index >= 15 is 0 Å². The summed E-state index contributed by atoms with van der Waals surface area (Å²) in [6, 6.07) is 0. The normalized spacial score (nSPS) is 14.1. The molecule has 0 fully saturated rings. The number of esters is 2. The molecule has 2 atom stereocenters. The fraction of sp³-hybridized carbons (Fsp3) is 0.600. The highest BCUT2D eigenvalue weighted by Gasteiger charge is 2.26. The predicted octanol–water partition coefficient (Wildman–Crippen LogP) is 18.7. The van der Waals surface area contributed by atoms with Gasteiger partial charge in [0.2, 0.25) is 0 Å². The van der Waals surface area contributed by atoms with E-state index in [0.717, 1.165) is 122 Å². The average molecular weight is 1060 g/mol. The summed E-state index contributed by atoms with van der Waals surface area (Å²) in [7, 11) is -4.41. The van der Waals surface area contributed by atoms with Gasteiger partial charge >= 0.3 is 19.8 Å². The molecule has 0 aromatic carbocycles. The maximum atomic E-state index is 12.7. The molecule has 0 aliphatic carbocycles. The largest absolute Gasteiger partial charge is 0.472 e. The van der Waals surface area contributed by atoms with Crippen molar-refractivity contribution < 1.29 is 37.6 Å². The molecule has 0 spiro atoms. The number of unbranched alkanes of at least 4 members (excludes halogenated alkanes) is 16. The molecule has 0 bridgehead atoms. The Labute approximate surface area is 458 Å². The third-order valence-corrected chi connectivity index (χ3v) is 12.7. The van der Waals surface area contributed by atoms with E-state index in [1.54, 1.807) is 0 Å². The van der Waals surface area contributed by atoms with Crippen molar-refractivity contribution in [3.63, 3.8) is 0 Å². The van der Waals surface area contributed by atoms with Crippen LogP contribution in [-0.4, -0.2) is 49.3 Å². The zero-order chi connectivity index (χ0) is 54.5. The molecule has 10 heteroatoms. The van der Waals surface area contributed by atoms with Gasteiger partial charge in [0, 0.05) is 19.4 Å². The number of phosphoric ester groups is 1. The Morgan fingerprint density at radius 1 is 0.400 bits per heavy atom. The van der Waals surface area contributed by atoms with Crippen LogP contribution >= 0.6 is 7.82 Å². The lowest BCUT2D eigenvalue weighted by Crippen LogP contribution is -2.29. The summed E-state index contributed by atoms with van der Waals surface area (Å²) < 4.78 is 33.0. The minimum atomic E-state index is -4.41. The van der Waals surface area contributed by atoms with Gasteiger partial charge in [-0.3, -0.25) is 18.6 Å². The molecule has 75 heavy (non-hydrogen) atoms. The fourth-order valence-corrected chi connectivity index (χ4v) is 8.23. The Morgan fingerprint density at radius 3 is 1.04 bits per heavy atom. The van der Waals surface area contributed by atoms with E-state index in [-0.39, 0.29) is 32.6 Å². The molecule has 0 saturated carbocycles. The van der Waals surface area contributed by atoms with Gasteiger partial charge in [0.25, 0.3) is 0 Å². The molecule has 0 amide bonds. The van der Waals surface area contributed by atoms with Gasteiger partial charge in [0.1, 0.15) is 6.61 Å². The quantitative estimate of drug-likeness (QED) is 0.0264. The third kappa shape index (κ3) is 59.0. The molecular formula is C65H106NO8P. The average Bonchev–Trinajstić information content (AvgIpc) is 3.40. The minimum absolute atomic E-state index is 0.0396. The van der Waals surface area contributed by atoms with Crippen LogP contribution in [0.4, 0.5) is 0 Å². The van der Waals surface area contributed by atoms with Gasteiger partial charge in [-0.2, -0.15) is 0 Å². The van der Waals surface area contributed by atoms with Crippen LogP contribution in [0.2, 0.25) is 0 Å². The Hall–Kier alpha value is -4.11. The van der Waals surface area contributed by atoms with Gasteiger partial charge < -0.3 is 20.1 Å². The van der Waals surface area contributed by atoms with Crippen LogP contribution in [0.3, 0.4) is 0 Å². The number of nitrogens with two attached hydrogens (primary N) is 1. The van der Waals surface area contributed by atoms with Crippen molar-refractivity contribution >= 4 is 19.8 Å². The lowest BCUT2D eigenvalue weighted by atomic mass is 10.0. The third-order valence-electron chi connectivity index (χ3n) is 11.7. The number of phosphoric acid groups is 1. The van der Waals surface area contributed by atoms with E-state index in [2.05, 4.69) is 160 Å². The zero-order valence-electron chi connectivity index (χ0n) is 47.2. The lowest BCUT2D eigenvalue weighted by Gasteiger charge is -2.19. The molecule has 0 radical (unpaired) electrons. The maximum Gasteiger partial charge on any atom is 0.472 e. The van der Waals surface area contributed by atoms with Crippen LogP contribution in [0, 0.1) is 0 Å². The predicted molar refractivity (Wildman–Crippen MR) is 320 cm³/mol. The van der Waals surface area contributed by atoms with E-state index < -0.39 is 32.5 Å². The standard InChI is InChI=1S/C65H106NO8P/c1-3-5-7-9-11-13-15-17-19-21-23-25-27-29-30-31-32-34-35-37-39-41-43-45-47-49-51-53-55-57-64(67)71-61-63(62-73-75(69,70)72-60-59-66)74-65(68)58-56-54-52-50-48-46-44-42-40-38-36-33-28-26-24-22-20-18-16-14-12-10-8-6-4-2/h5-8,11-14,17-20,23-26,29-30,33,36,40,42,46,48,63H,3-4,9-10,15-16,21-22,27-28,31-32,34-35,37-39,41,43-45,47,49-62,66H2,1-2H3,(H,69,70)/b7-5-,8-6-,13-11-,14-12-,19-17-,20-18-,25-23-,26-24-,30-29-,36-33-,42-40-,48-46-. The lowest BCUT2D eigenvalue weighted by molar-refractivity contribution is -0.161. The summed E-state index contributed by atoms with van der Waals surface area (Å²) in [5, 5.41) is 0. The molecule has 3 N–H and O–H groups in total. The number of allylic oxidation sites excluding steroid dienone is 24. The Balaban J connectivity index is 4.07. The Bertz CT molecular complexity index is 1730. The molecule has 0 heterocycles. The van der Waals surface area contributed by atoms with Crippen molar-refractivity contribution in [1.29, 1.82) is 0 Å². The molecule has 0 saturated heterocycles. The van der Waals surface area contributed by atoms with Crippen LogP contribution in [0.15, 0.2) is 146 Å². The first kappa shape index (κ1) is 70.9. The molecule has 9 nitrogen and oxygen atoms in total. The number of rotatable bonds is 53.